The van der Waals surface area contributed by atoms with Gasteiger partial charge >= 0.3 is 0 Å². The first-order valence-corrected chi connectivity index (χ1v) is 7.85. The molecule has 2 aromatic carbocycles. The number of phenolic OH excluding ortho intramolecular Hbond substituents is 1. The molecule has 3 nitrogen and oxygen atoms in total. The van der Waals surface area contributed by atoms with Crippen LogP contribution >= 0.6 is 34.8 Å². The van der Waals surface area contributed by atoms with Gasteiger partial charge in [0.2, 0.25) is 5.78 Å². The normalized spacial score (nSPS) is 12.1. The van der Waals surface area contributed by atoms with Crippen LogP contribution < -0.4 is 5.32 Å². The van der Waals surface area contributed by atoms with E-state index in [1.165, 1.54) is 12.1 Å². The Hall–Kier alpha value is -1.68. The van der Waals surface area contributed by atoms with Gasteiger partial charge in [-0.2, -0.15) is 0 Å². The Bertz CT molecular complexity index is 734. The molecule has 0 spiro atoms. The molecule has 2 rings (SSSR count). The summed E-state index contributed by atoms with van der Waals surface area (Å²) in [6.07, 6.45) is 1.21. The molecule has 23 heavy (non-hydrogen) atoms. The van der Waals surface area contributed by atoms with Crippen LogP contribution in [0.2, 0.25) is 0 Å². The highest BCUT2D eigenvalue weighted by atomic mass is 35.6. The van der Waals surface area contributed by atoms with Gasteiger partial charge in [0.25, 0.3) is 3.79 Å². The van der Waals surface area contributed by atoms with Gasteiger partial charge in [-0.3, -0.25) is 4.79 Å². The minimum absolute atomic E-state index is 0.0480. The smallest absolute Gasteiger partial charge is 0.252 e. The van der Waals surface area contributed by atoms with Crippen LogP contribution in [0, 0.1) is 6.92 Å². The zero-order valence-electron chi connectivity index (χ0n) is 12.2. The van der Waals surface area contributed by atoms with E-state index in [1.54, 1.807) is 18.2 Å². The largest absolute Gasteiger partial charge is 0.506 e. The summed E-state index contributed by atoms with van der Waals surface area (Å²) in [5.74, 6) is -0.632. The minimum atomic E-state index is -2.05. The van der Waals surface area contributed by atoms with Crippen molar-refractivity contribution in [1.82, 2.24) is 0 Å². The lowest BCUT2D eigenvalue weighted by atomic mass is 10.1. The highest BCUT2D eigenvalue weighted by molar-refractivity contribution is 6.77. The number of benzene rings is 2. The zero-order chi connectivity index (χ0) is 17.0. The molecule has 0 atom stereocenters. The Morgan fingerprint density at radius 1 is 1.09 bits per heavy atom. The number of allylic oxidation sites excluding steroid dienone is 1. The summed E-state index contributed by atoms with van der Waals surface area (Å²) >= 11 is 16.9. The summed E-state index contributed by atoms with van der Waals surface area (Å²) in [5, 5.41) is 12.9. The first-order chi connectivity index (χ1) is 10.8. The lowest BCUT2D eigenvalue weighted by Crippen LogP contribution is -2.17. The van der Waals surface area contributed by atoms with Crippen LogP contribution in [0.4, 0.5) is 5.69 Å². The fourth-order valence-corrected chi connectivity index (χ4v) is 2.03. The van der Waals surface area contributed by atoms with Crippen LogP contribution in [-0.2, 0) is 4.79 Å². The molecule has 0 bridgehead atoms. The average Bonchev–Trinajstić information content (AvgIpc) is 2.48. The summed E-state index contributed by atoms with van der Waals surface area (Å²) < 4.78 is -2.05. The molecule has 6 heteroatoms. The van der Waals surface area contributed by atoms with Crippen molar-refractivity contribution < 1.29 is 9.90 Å². The van der Waals surface area contributed by atoms with Crippen LogP contribution in [-0.4, -0.2) is 14.7 Å². The van der Waals surface area contributed by atoms with Crippen LogP contribution in [0.1, 0.15) is 11.1 Å². The number of anilines is 1. The molecule has 120 valence electrons. The van der Waals surface area contributed by atoms with Gasteiger partial charge in [-0.05, 0) is 24.6 Å². The summed E-state index contributed by atoms with van der Waals surface area (Å²) in [6, 6.07) is 14.1. The maximum absolute atomic E-state index is 12.0. The summed E-state index contributed by atoms with van der Waals surface area (Å²) in [7, 11) is 0. The molecule has 0 radical (unpaired) electrons. The number of hydrogen-bond donors (Lipinski definition) is 2. The van der Waals surface area contributed by atoms with E-state index < -0.39 is 9.58 Å². The monoisotopic (exact) mass is 369 g/mol. The topological polar surface area (TPSA) is 49.3 Å². The van der Waals surface area contributed by atoms with Crippen molar-refractivity contribution in [3.8, 4) is 5.75 Å². The Kier molecular flexibility index (Phi) is 5.58. The number of carbonyl (C=O) groups excluding carboxylic acids is 1. The lowest BCUT2D eigenvalue weighted by Gasteiger charge is -2.14. The Labute approximate surface area is 149 Å². The van der Waals surface area contributed by atoms with E-state index in [0.29, 0.717) is 11.4 Å². The summed E-state index contributed by atoms with van der Waals surface area (Å²) in [4.78, 5) is 12.0. The molecule has 0 unspecified atom stereocenters. The van der Waals surface area contributed by atoms with Gasteiger partial charge in [-0.15, -0.1) is 0 Å². The van der Waals surface area contributed by atoms with Gasteiger partial charge in [0.1, 0.15) is 5.75 Å². The lowest BCUT2D eigenvalue weighted by molar-refractivity contribution is -0.113. The summed E-state index contributed by atoms with van der Waals surface area (Å²) in [5.41, 5.74) is 2.66. The number of para-hydroxylation sites is 2. The van der Waals surface area contributed by atoms with Crippen molar-refractivity contribution in [1.29, 1.82) is 0 Å². The van der Waals surface area contributed by atoms with E-state index in [1.807, 2.05) is 31.2 Å². The third-order valence-electron chi connectivity index (χ3n) is 3.09. The summed E-state index contributed by atoms with van der Waals surface area (Å²) in [6.45, 7) is 1.95. The number of aromatic hydroxyl groups is 1. The maximum atomic E-state index is 12.0. The van der Waals surface area contributed by atoms with E-state index in [0.717, 1.165) is 11.1 Å². The Morgan fingerprint density at radius 3 is 2.26 bits per heavy atom. The van der Waals surface area contributed by atoms with Crippen molar-refractivity contribution in [2.45, 2.75) is 10.7 Å². The van der Waals surface area contributed by atoms with Crippen LogP contribution in [0.25, 0.3) is 5.70 Å². The molecule has 0 amide bonds. The minimum Gasteiger partial charge on any atom is -0.506 e. The third kappa shape index (κ3) is 4.90. The average molecular weight is 371 g/mol. The van der Waals surface area contributed by atoms with Crippen molar-refractivity contribution >= 4 is 52.0 Å². The maximum Gasteiger partial charge on any atom is 0.252 e. The zero-order valence-corrected chi connectivity index (χ0v) is 14.5. The van der Waals surface area contributed by atoms with Gasteiger partial charge in [-0.25, -0.2) is 0 Å². The van der Waals surface area contributed by atoms with Gasteiger partial charge < -0.3 is 10.4 Å². The number of phenols is 1. The van der Waals surface area contributed by atoms with Crippen molar-refractivity contribution in [3.05, 3.63) is 65.7 Å². The fraction of sp³-hybridized carbons (Fsp3) is 0.118. The molecule has 0 saturated carbocycles. The molecule has 0 aliphatic heterocycles. The molecule has 0 heterocycles. The number of hydrogen-bond acceptors (Lipinski definition) is 3. The quantitative estimate of drug-likeness (QED) is 0.447. The number of halogens is 3. The van der Waals surface area contributed by atoms with Crippen molar-refractivity contribution in [2.24, 2.45) is 0 Å². The molecule has 2 aromatic rings. The molecule has 0 fully saturated rings. The standard InChI is InChI=1S/C17H14Cl3NO2/c1-11-6-8-12(9-7-11)14(10-16(23)17(18,19)20)21-13-4-2-3-5-15(13)22/h2-10,21-22H,1H3/b14-10+. The van der Waals surface area contributed by atoms with E-state index in [9.17, 15) is 9.90 Å². The number of ketones is 1. The highest BCUT2D eigenvalue weighted by Gasteiger charge is 2.29. The third-order valence-corrected chi connectivity index (χ3v) is 3.65. The van der Waals surface area contributed by atoms with E-state index in [-0.39, 0.29) is 5.75 Å². The number of carbonyl (C=O) groups is 1. The van der Waals surface area contributed by atoms with Gasteiger partial charge in [-0.1, -0.05) is 76.8 Å². The first kappa shape index (κ1) is 17.7. The first-order valence-electron chi connectivity index (χ1n) is 6.72. The fourth-order valence-electron chi connectivity index (χ4n) is 1.86. The van der Waals surface area contributed by atoms with Crippen molar-refractivity contribution in [3.63, 3.8) is 0 Å². The Balaban J connectivity index is 2.43. The van der Waals surface area contributed by atoms with E-state index in [4.69, 9.17) is 34.8 Å². The molecule has 2 N–H and O–H groups in total. The second-order valence-corrected chi connectivity index (χ2v) is 7.21. The molecule has 0 aromatic heterocycles. The van der Waals surface area contributed by atoms with Crippen LogP contribution in [0.5, 0.6) is 5.75 Å². The number of rotatable bonds is 4. The molecule has 0 saturated heterocycles. The van der Waals surface area contributed by atoms with E-state index >= 15 is 0 Å². The highest BCUT2D eigenvalue weighted by Crippen LogP contribution is 2.31. The SMILES string of the molecule is Cc1ccc(/C(=C\C(=O)C(Cl)(Cl)Cl)Nc2ccccc2O)cc1. The van der Waals surface area contributed by atoms with E-state index in [2.05, 4.69) is 5.32 Å². The second kappa shape index (κ2) is 7.26. The molecule has 0 aliphatic rings. The molecular weight excluding hydrogens is 357 g/mol. The van der Waals surface area contributed by atoms with Gasteiger partial charge in [0.05, 0.1) is 5.69 Å². The Morgan fingerprint density at radius 2 is 1.70 bits per heavy atom. The van der Waals surface area contributed by atoms with Crippen LogP contribution in [0.3, 0.4) is 0 Å². The van der Waals surface area contributed by atoms with Gasteiger partial charge in [0.15, 0.2) is 0 Å². The number of alkyl halides is 3. The van der Waals surface area contributed by atoms with Gasteiger partial charge in [0, 0.05) is 11.8 Å². The molecule has 0 aliphatic carbocycles. The predicted octanol–water partition coefficient (Wildman–Crippen LogP) is 5.09. The number of nitrogens with one attached hydrogen (secondary N) is 1. The number of aryl methyl sites for hydroxylation is 1. The van der Waals surface area contributed by atoms with Crippen LogP contribution in [0.15, 0.2) is 54.6 Å². The second-order valence-electron chi connectivity index (χ2n) is 4.93. The molecular formula is C17H14Cl3NO2. The van der Waals surface area contributed by atoms with Crippen molar-refractivity contribution in [2.75, 3.05) is 5.32 Å². The predicted molar refractivity (Wildman–Crippen MR) is 96.2 cm³/mol.